The van der Waals surface area contributed by atoms with Crippen molar-refractivity contribution in [3.05, 3.63) is 23.8 Å². The van der Waals surface area contributed by atoms with E-state index in [1.54, 1.807) is 0 Å². The molecule has 4 nitrogen and oxygen atoms in total. The second-order valence-corrected chi connectivity index (χ2v) is 5.71. The Hall–Kier alpha value is -1.00. The number of aryl methyl sites for hydroxylation is 1. The Morgan fingerprint density at radius 1 is 1.37 bits per heavy atom. The van der Waals surface area contributed by atoms with Crippen LogP contribution in [0.25, 0.3) is 0 Å². The molecule has 0 aromatic carbocycles. The fraction of sp³-hybridized carbons (Fsp3) is 0.733. The average Bonchev–Trinajstić information content (AvgIpc) is 2.41. The fourth-order valence-corrected chi connectivity index (χ4v) is 2.74. The number of hydrogen-bond acceptors (Lipinski definition) is 4. The van der Waals surface area contributed by atoms with Gasteiger partial charge in [-0.1, -0.05) is 13.8 Å². The first-order valence-corrected chi connectivity index (χ1v) is 7.42. The molecular formula is C15H26N4. The number of nitrogens with zero attached hydrogens (tertiary/aromatic N) is 3. The van der Waals surface area contributed by atoms with Crippen molar-refractivity contribution in [3.8, 4) is 0 Å². The van der Waals surface area contributed by atoms with Crippen molar-refractivity contribution in [3.63, 3.8) is 0 Å². The van der Waals surface area contributed by atoms with Crippen LogP contribution >= 0.6 is 0 Å². The summed E-state index contributed by atoms with van der Waals surface area (Å²) in [5.74, 6) is 0.707. The number of rotatable bonds is 5. The molecule has 1 aromatic heterocycles. The Morgan fingerprint density at radius 3 is 2.84 bits per heavy atom. The summed E-state index contributed by atoms with van der Waals surface area (Å²) in [6.45, 7) is 10.9. The Bertz CT molecular complexity index is 376. The molecule has 0 aliphatic carbocycles. The molecule has 2 heterocycles. The normalized spacial score (nSPS) is 24.6. The van der Waals surface area contributed by atoms with Crippen LogP contribution in [-0.2, 0) is 6.54 Å². The van der Waals surface area contributed by atoms with Gasteiger partial charge in [-0.15, -0.1) is 0 Å². The van der Waals surface area contributed by atoms with Gasteiger partial charge in [-0.2, -0.15) is 0 Å². The van der Waals surface area contributed by atoms with Crippen LogP contribution in [0, 0.1) is 12.8 Å². The van der Waals surface area contributed by atoms with E-state index in [9.17, 15) is 0 Å². The molecule has 2 rings (SSSR count). The van der Waals surface area contributed by atoms with E-state index in [0.29, 0.717) is 12.0 Å². The topological polar surface area (TPSA) is 41.0 Å². The lowest BCUT2D eigenvalue weighted by atomic mass is 9.93. The minimum atomic E-state index is 0.681. The highest BCUT2D eigenvalue weighted by Crippen LogP contribution is 2.18. The molecule has 1 aliphatic rings. The Balaban J connectivity index is 1.82. The summed E-state index contributed by atoms with van der Waals surface area (Å²) in [7, 11) is 0. The van der Waals surface area contributed by atoms with Crippen LogP contribution in [-0.4, -0.2) is 40.5 Å². The van der Waals surface area contributed by atoms with E-state index < -0.39 is 0 Å². The van der Waals surface area contributed by atoms with Gasteiger partial charge in [0.15, 0.2) is 0 Å². The quantitative estimate of drug-likeness (QED) is 0.881. The maximum Gasteiger partial charge on any atom is 0.0727 e. The predicted molar refractivity (Wildman–Crippen MR) is 77.9 cm³/mol. The third-order valence-corrected chi connectivity index (χ3v) is 3.87. The summed E-state index contributed by atoms with van der Waals surface area (Å²) in [5.41, 5.74) is 2.07. The molecule has 2 atom stereocenters. The first-order valence-electron chi connectivity index (χ1n) is 7.42. The van der Waals surface area contributed by atoms with Gasteiger partial charge in [-0.25, -0.2) is 0 Å². The summed E-state index contributed by atoms with van der Waals surface area (Å²) in [4.78, 5) is 11.3. The maximum absolute atomic E-state index is 4.45. The van der Waals surface area contributed by atoms with E-state index in [4.69, 9.17) is 0 Å². The molecule has 0 bridgehead atoms. The van der Waals surface area contributed by atoms with Crippen LogP contribution in [0.15, 0.2) is 12.4 Å². The van der Waals surface area contributed by atoms with Gasteiger partial charge >= 0.3 is 0 Å². The number of nitrogens with one attached hydrogen (secondary N) is 1. The first kappa shape index (κ1) is 14.4. The first-order chi connectivity index (χ1) is 9.19. The van der Waals surface area contributed by atoms with Crippen molar-refractivity contribution in [2.45, 2.75) is 46.2 Å². The molecule has 0 saturated carbocycles. The highest BCUT2D eigenvalue weighted by molar-refractivity contribution is 5.01. The second kappa shape index (κ2) is 6.96. The van der Waals surface area contributed by atoms with Crippen molar-refractivity contribution in [2.75, 3.05) is 19.6 Å². The molecule has 2 unspecified atom stereocenters. The molecule has 0 spiro atoms. The summed E-state index contributed by atoms with van der Waals surface area (Å²) in [6, 6.07) is 0.681. The van der Waals surface area contributed by atoms with Gasteiger partial charge in [0.05, 0.1) is 11.4 Å². The number of likely N-dealkylation sites (tertiary alicyclic amines) is 1. The van der Waals surface area contributed by atoms with Crippen LogP contribution in [0.2, 0.25) is 0 Å². The van der Waals surface area contributed by atoms with Crippen LogP contribution in [0.4, 0.5) is 0 Å². The molecule has 0 radical (unpaired) electrons. The molecule has 106 valence electrons. The van der Waals surface area contributed by atoms with Crippen molar-refractivity contribution in [2.24, 2.45) is 5.92 Å². The zero-order valence-corrected chi connectivity index (χ0v) is 12.4. The molecule has 1 saturated heterocycles. The third kappa shape index (κ3) is 4.25. The summed E-state index contributed by atoms with van der Waals surface area (Å²) >= 11 is 0. The molecule has 0 amide bonds. The van der Waals surface area contributed by atoms with Crippen molar-refractivity contribution >= 4 is 0 Å². The zero-order chi connectivity index (χ0) is 13.7. The second-order valence-electron chi connectivity index (χ2n) is 5.71. The SMILES string of the molecule is CCCNC1CCN(Cc2cnc(C)cn2)CC1C. The van der Waals surface area contributed by atoms with E-state index in [1.807, 2.05) is 19.3 Å². The van der Waals surface area contributed by atoms with Gasteiger partial charge in [-0.3, -0.25) is 14.9 Å². The van der Waals surface area contributed by atoms with Gasteiger partial charge in [0.1, 0.15) is 0 Å². The minimum Gasteiger partial charge on any atom is -0.314 e. The molecule has 19 heavy (non-hydrogen) atoms. The zero-order valence-electron chi connectivity index (χ0n) is 12.4. The number of hydrogen-bond donors (Lipinski definition) is 1. The minimum absolute atomic E-state index is 0.681. The van der Waals surface area contributed by atoms with Gasteiger partial charge in [0, 0.05) is 38.1 Å². The van der Waals surface area contributed by atoms with Crippen molar-refractivity contribution in [1.29, 1.82) is 0 Å². The third-order valence-electron chi connectivity index (χ3n) is 3.87. The van der Waals surface area contributed by atoms with Gasteiger partial charge in [-0.05, 0) is 32.2 Å². The van der Waals surface area contributed by atoms with E-state index in [1.165, 1.54) is 12.8 Å². The predicted octanol–water partition coefficient (Wildman–Crippen LogP) is 2.00. The maximum atomic E-state index is 4.45. The molecule has 1 fully saturated rings. The lowest BCUT2D eigenvalue weighted by Gasteiger charge is -2.37. The Morgan fingerprint density at radius 2 is 2.21 bits per heavy atom. The van der Waals surface area contributed by atoms with Crippen LogP contribution < -0.4 is 5.32 Å². The molecule has 1 N–H and O–H groups in total. The van der Waals surface area contributed by atoms with Gasteiger partial charge in [0.2, 0.25) is 0 Å². The van der Waals surface area contributed by atoms with Gasteiger partial charge in [0.25, 0.3) is 0 Å². The Kier molecular flexibility index (Phi) is 5.28. The molecular weight excluding hydrogens is 236 g/mol. The number of aromatic nitrogens is 2. The largest absolute Gasteiger partial charge is 0.314 e. The monoisotopic (exact) mass is 262 g/mol. The van der Waals surface area contributed by atoms with Crippen LogP contribution in [0.1, 0.15) is 38.1 Å². The summed E-state index contributed by atoms with van der Waals surface area (Å²) < 4.78 is 0. The highest BCUT2D eigenvalue weighted by Gasteiger charge is 2.25. The average molecular weight is 262 g/mol. The van der Waals surface area contributed by atoms with E-state index in [-0.39, 0.29) is 0 Å². The van der Waals surface area contributed by atoms with Crippen LogP contribution in [0.3, 0.4) is 0 Å². The standard InChI is InChI=1S/C15H26N4/c1-4-6-16-15-5-7-19(10-12(15)2)11-14-9-17-13(3)8-18-14/h8-9,12,15-16H,4-7,10-11H2,1-3H3. The van der Waals surface area contributed by atoms with Crippen LogP contribution in [0.5, 0.6) is 0 Å². The summed E-state index contributed by atoms with van der Waals surface area (Å²) in [5, 5.41) is 3.66. The van der Waals surface area contributed by atoms with E-state index in [2.05, 4.69) is 34.0 Å². The molecule has 4 heteroatoms. The molecule has 1 aromatic rings. The highest BCUT2D eigenvalue weighted by atomic mass is 15.2. The van der Waals surface area contributed by atoms with Crippen molar-refractivity contribution in [1.82, 2.24) is 20.2 Å². The van der Waals surface area contributed by atoms with Crippen molar-refractivity contribution < 1.29 is 0 Å². The van der Waals surface area contributed by atoms with Gasteiger partial charge < -0.3 is 5.32 Å². The fourth-order valence-electron chi connectivity index (χ4n) is 2.74. The van der Waals surface area contributed by atoms with E-state index in [0.717, 1.165) is 37.6 Å². The summed E-state index contributed by atoms with van der Waals surface area (Å²) in [6.07, 6.45) is 6.21. The smallest absolute Gasteiger partial charge is 0.0727 e. The lowest BCUT2D eigenvalue weighted by molar-refractivity contribution is 0.140. The number of piperidine rings is 1. The lowest BCUT2D eigenvalue weighted by Crippen LogP contribution is -2.48. The Labute approximate surface area is 116 Å². The van der Waals surface area contributed by atoms with E-state index >= 15 is 0 Å². The molecule has 1 aliphatic heterocycles.